The fraction of sp³-hybridized carbons (Fsp3) is 0.280. The first-order valence-electron chi connectivity index (χ1n) is 10.1. The second-order valence-corrected chi connectivity index (χ2v) is 7.48. The summed E-state index contributed by atoms with van der Waals surface area (Å²) in [6, 6.07) is 19.9. The molecular formula is C25H25N3O2. The Bertz CT molecular complexity index is 998. The van der Waals surface area contributed by atoms with Gasteiger partial charge in [0.05, 0.1) is 6.04 Å². The molecule has 30 heavy (non-hydrogen) atoms. The van der Waals surface area contributed by atoms with E-state index in [1.165, 1.54) is 0 Å². The molecule has 5 heteroatoms. The molecule has 0 bridgehead atoms. The van der Waals surface area contributed by atoms with Gasteiger partial charge in [-0.05, 0) is 24.0 Å². The standard InChI is InChI=1S/C25H25N3O2/c1-3-19-30-25(20-11-6-4-7-12-20,21-13-8-5-9-14-21)22-15-10-17-28(22)24(29)23-26-16-18-27(23)2/h1,4-9,11-14,16,18,22H,10,15,17,19H2,2H3/t22-/m0/s1. The van der Waals surface area contributed by atoms with Gasteiger partial charge in [0.25, 0.3) is 5.91 Å². The van der Waals surface area contributed by atoms with E-state index in [4.69, 9.17) is 11.2 Å². The summed E-state index contributed by atoms with van der Waals surface area (Å²) in [5, 5.41) is 0. The van der Waals surface area contributed by atoms with Crippen LogP contribution in [-0.2, 0) is 17.4 Å². The first-order valence-corrected chi connectivity index (χ1v) is 10.1. The lowest BCUT2D eigenvalue weighted by atomic mass is 9.78. The molecule has 5 nitrogen and oxygen atoms in total. The number of aryl methyl sites for hydroxylation is 1. The SMILES string of the molecule is C#CCOC(c1ccccc1)(c1ccccc1)[C@@H]1CCCN1C(=O)c1nccn1C. The largest absolute Gasteiger partial charge is 0.351 e. The van der Waals surface area contributed by atoms with Crippen molar-refractivity contribution in [2.45, 2.75) is 24.5 Å². The van der Waals surface area contributed by atoms with E-state index in [0.29, 0.717) is 12.4 Å². The molecule has 1 aliphatic rings. The van der Waals surface area contributed by atoms with Gasteiger partial charge < -0.3 is 14.2 Å². The third-order valence-corrected chi connectivity index (χ3v) is 5.78. The van der Waals surface area contributed by atoms with Gasteiger partial charge in [0.2, 0.25) is 0 Å². The summed E-state index contributed by atoms with van der Waals surface area (Å²) >= 11 is 0. The number of nitrogens with zero attached hydrogens (tertiary/aromatic N) is 3. The minimum atomic E-state index is -0.869. The van der Waals surface area contributed by atoms with E-state index in [0.717, 1.165) is 24.0 Å². The van der Waals surface area contributed by atoms with E-state index >= 15 is 0 Å². The lowest BCUT2D eigenvalue weighted by molar-refractivity contribution is -0.0510. The molecule has 1 fully saturated rings. The Balaban J connectivity index is 1.87. The Hall–Kier alpha value is -3.36. The number of benzene rings is 2. The van der Waals surface area contributed by atoms with Gasteiger partial charge in [0.15, 0.2) is 5.82 Å². The van der Waals surface area contributed by atoms with Gasteiger partial charge in [0.1, 0.15) is 12.2 Å². The maximum atomic E-state index is 13.5. The number of aromatic nitrogens is 2. The molecule has 1 saturated heterocycles. The lowest BCUT2D eigenvalue weighted by Gasteiger charge is -2.43. The third-order valence-electron chi connectivity index (χ3n) is 5.78. The maximum Gasteiger partial charge on any atom is 0.290 e. The zero-order valence-electron chi connectivity index (χ0n) is 17.1. The summed E-state index contributed by atoms with van der Waals surface area (Å²) in [5.41, 5.74) is 1.10. The second-order valence-electron chi connectivity index (χ2n) is 7.48. The number of likely N-dealkylation sites (tertiary alicyclic amines) is 1. The number of hydrogen-bond donors (Lipinski definition) is 0. The Kier molecular flexibility index (Phi) is 5.69. The fourth-order valence-corrected chi connectivity index (χ4v) is 4.47. The van der Waals surface area contributed by atoms with Crippen molar-refractivity contribution in [1.29, 1.82) is 0 Å². The van der Waals surface area contributed by atoms with Crippen LogP contribution in [0.25, 0.3) is 0 Å². The van der Waals surface area contributed by atoms with Crippen LogP contribution in [0, 0.1) is 12.3 Å². The van der Waals surface area contributed by atoms with Gasteiger partial charge in [-0.2, -0.15) is 0 Å². The molecular weight excluding hydrogens is 374 g/mol. The summed E-state index contributed by atoms with van der Waals surface area (Å²) < 4.78 is 8.26. The third kappa shape index (κ3) is 3.40. The van der Waals surface area contributed by atoms with Crippen LogP contribution < -0.4 is 0 Å². The average Bonchev–Trinajstić information content (AvgIpc) is 3.45. The molecule has 0 radical (unpaired) electrons. The summed E-state index contributed by atoms with van der Waals surface area (Å²) in [7, 11) is 1.84. The highest BCUT2D eigenvalue weighted by Crippen LogP contribution is 2.43. The molecule has 2 heterocycles. The topological polar surface area (TPSA) is 47.4 Å². The van der Waals surface area contributed by atoms with E-state index in [9.17, 15) is 4.79 Å². The molecule has 1 aliphatic heterocycles. The van der Waals surface area contributed by atoms with Crippen molar-refractivity contribution in [2.75, 3.05) is 13.2 Å². The maximum absolute atomic E-state index is 13.5. The van der Waals surface area contributed by atoms with Crippen LogP contribution in [-0.4, -0.2) is 39.6 Å². The minimum Gasteiger partial charge on any atom is -0.351 e. The molecule has 1 aromatic heterocycles. The van der Waals surface area contributed by atoms with Gasteiger partial charge in [-0.1, -0.05) is 66.6 Å². The van der Waals surface area contributed by atoms with Crippen molar-refractivity contribution in [3.63, 3.8) is 0 Å². The van der Waals surface area contributed by atoms with Crippen molar-refractivity contribution in [2.24, 2.45) is 7.05 Å². The number of carbonyl (C=O) groups excluding carboxylic acids is 1. The number of terminal acetylenes is 1. The molecule has 152 valence electrons. The highest BCUT2D eigenvalue weighted by atomic mass is 16.5. The number of hydrogen-bond acceptors (Lipinski definition) is 3. The zero-order chi connectivity index (χ0) is 21.0. The Morgan fingerprint density at radius 2 is 1.80 bits per heavy atom. The molecule has 0 saturated carbocycles. The Morgan fingerprint density at radius 3 is 2.33 bits per heavy atom. The van der Waals surface area contributed by atoms with Crippen LogP contribution in [0.15, 0.2) is 73.1 Å². The predicted molar refractivity (Wildman–Crippen MR) is 116 cm³/mol. The predicted octanol–water partition coefficient (Wildman–Crippen LogP) is 3.62. The number of amides is 1. The highest BCUT2D eigenvalue weighted by molar-refractivity contribution is 5.91. The van der Waals surface area contributed by atoms with Gasteiger partial charge in [0, 0.05) is 26.0 Å². The van der Waals surface area contributed by atoms with Crippen LogP contribution in [0.1, 0.15) is 34.6 Å². The molecule has 2 aromatic carbocycles. The number of imidazole rings is 1. The highest BCUT2D eigenvalue weighted by Gasteiger charge is 2.49. The number of ether oxygens (including phenoxy) is 1. The first-order chi connectivity index (χ1) is 14.7. The minimum absolute atomic E-state index is 0.0921. The summed E-state index contributed by atoms with van der Waals surface area (Å²) in [6.45, 7) is 0.794. The van der Waals surface area contributed by atoms with Crippen molar-refractivity contribution in [1.82, 2.24) is 14.5 Å². The zero-order valence-corrected chi connectivity index (χ0v) is 17.1. The number of carbonyl (C=O) groups is 1. The monoisotopic (exact) mass is 399 g/mol. The molecule has 1 atom stereocenters. The van der Waals surface area contributed by atoms with E-state index in [-0.39, 0.29) is 18.6 Å². The van der Waals surface area contributed by atoms with Crippen molar-refractivity contribution in [3.05, 3.63) is 90.0 Å². The van der Waals surface area contributed by atoms with Gasteiger partial charge >= 0.3 is 0 Å². The molecule has 4 rings (SSSR count). The summed E-state index contributed by atoms with van der Waals surface area (Å²) in [6.07, 6.45) is 10.7. The quantitative estimate of drug-likeness (QED) is 0.595. The first kappa shape index (κ1) is 19.9. The summed E-state index contributed by atoms with van der Waals surface area (Å²) in [5.74, 6) is 2.96. The molecule has 0 spiro atoms. The van der Waals surface area contributed by atoms with Crippen LogP contribution in [0.3, 0.4) is 0 Å². The molecule has 0 N–H and O–H groups in total. The normalized spacial score (nSPS) is 16.4. The van der Waals surface area contributed by atoms with E-state index < -0.39 is 5.60 Å². The van der Waals surface area contributed by atoms with Crippen LogP contribution >= 0.6 is 0 Å². The van der Waals surface area contributed by atoms with Crippen LogP contribution in [0.4, 0.5) is 0 Å². The molecule has 1 amide bonds. The van der Waals surface area contributed by atoms with E-state index in [1.807, 2.05) is 72.6 Å². The van der Waals surface area contributed by atoms with Gasteiger partial charge in [-0.15, -0.1) is 6.42 Å². The second kappa shape index (κ2) is 8.56. The summed E-state index contributed by atoms with van der Waals surface area (Å²) in [4.78, 5) is 19.7. The van der Waals surface area contributed by atoms with Crippen LogP contribution in [0.5, 0.6) is 0 Å². The van der Waals surface area contributed by atoms with E-state index in [2.05, 4.69) is 10.9 Å². The van der Waals surface area contributed by atoms with E-state index in [1.54, 1.807) is 17.0 Å². The number of rotatable bonds is 6. The van der Waals surface area contributed by atoms with Gasteiger partial charge in [-0.3, -0.25) is 4.79 Å². The van der Waals surface area contributed by atoms with Crippen LogP contribution in [0.2, 0.25) is 0 Å². The van der Waals surface area contributed by atoms with Crippen molar-refractivity contribution < 1.29 is 9.53 Å². The molecule has 0 unspecified atom stereocenters. The Labute approximate surface area is 177 Å². The average molecular weight is 399 g/mol. The van der Waals surface area contributed by atoms with Gasteiger partial charge in [-0.25, -0.2) is 4.98 Å². The smallest absolute Gasteiger partial charge is 0.290 e. The molecule has 0 aliphatic carbocycles. The molecule has 3 aromatic rings. The lowest BCUT2D eigenvalue weighted by Crippen LogP contribution is -2.52. The van der Waals surface area contributed by atoms with Crippen molar-refractivity contribution in [3.8, 4) is 12.3 Å². The fourth-order valence-electron chi connectivity index (χ4n) is 4.47. The van der Waals surface area contributed by atoms with Crippen molar-refractivity contribution >= 4 is 5.91 Å². The Morgan fingerprint density at radius 1 is 1.17 bits per heavy atom.